The highest BCUT2D eigenvalue weighted by Crippen LogP contribution is 2.32. The van der Waals surface area contributed by atoms with Gasteiger partial charge in [0.15, 0.2) is 0 Å². The van der Waals surface area contributed by atoms with E-state index < -0.39 is 0 Å². The first-order valence-corrected chi connectivity index (χ1v) is 7.06. The van der Waals surface area contributed by atoms with Crippen LogP contribution in [0.3, 0.4) is 0 Å². The molecule has 2 aromatic rings. The summed E-state index contributed by atoms with van der Waals surface area (Å²) in [6.45, 7) is 0. The Morgan fingerprint density at radius 1 is 1.25 bits per heavy atom. The van der Waals surface area contributed by atoms with Crippen molar-refractivity contribution in [3.63, 3.8) is 0 Å². The third-order valence-electron chi connectivity index (χ3n) is 2.99. The summed E-state index contributed by atoms with van der Waals surface area (Å²) in [5, 5.41) is 12.4. The second-order valence-corrected chi connectivity index (χ2v) is 5.23. The standard InChI is InChI=1S/C16H15BrN2O/c1-20-16-8-7-13(17)11-15(16)19-14(9-10-18)12-5-3-2-4-6-12/h2-8,11,14,19H,9H2,1H3. The second kappa shape index (κ2) is 6.97. The fraction of sp³-hybridized carbons (Fsp3) is 0.188. The molecule has 0 radical (unpaired) electrons. The molecule has 0 saturated carbocycles. The molecule has 0 aliphatic carbocycles. The van der Waals surface area contributed by atoms with Crippen LogP contribution >= 0.6 is 15.9 Å². The Labute approximate surface area is 127 Å². The zero-order valence-electron chi connectivity index (χ0n) is 11.1. The fourth-order valence-electron chi connectivity index (χ4n) is 2.01. The van der Waals surface area contributed by atoms with Crippen molar-refractivity contribution in [3.8, 4) is 11.8 Å². The van der Waals surface area contributed by atoms with Crippen LogP contribution in [0.15, 0.2) is 53.0 Å². The van der Waals surface area contributed by atoms with Gasteiger partial charge in [-0.1, -0.05) is 46.3 Å². The van der Waals surface area contributed by atoms with E-state index in [4.69, 9.17) is 10.00 Å². The third kappa shape index (κ3) is 3.52. The number of rotatable bonds is 5. The van der Waals surface area contributed by atoms with Crippen LogP contribution in [-0.2, 0) is 0 Å². The highest BCUT2D eigenvalue weighted by atomic mass is 79.9. The summed E-state index contributed by atoms with van der Waals surface area (Å²) in [6.07, 6.45) is 0.389. The van der Waals surface area contributed by atoms with Crippen molar-refractivity contribution in [1.82, 2.24) is 0 Å². The highest BCUT2D eigenvalue weighted by Gasteiger charge is 2.13. The maximum absolute atomic E-state index is 9.03. The average molecular weight is 331 g/mol. The molecule has 0 heterocycles. The van der Waals surface area contributed by atoms with Gasteiger partial charge in [0, 0.05) is 4.47 Å². The molecule has 1 atom stereocenters. The van der Waals surface area contributed by atoms with Gasteiger partial charge in [-0.3, -0.25) is 0 Å². The van der Waals surface area contributed by atoms with Crippen LogP contribution in [0.2, 0.25) is 0 Å². The maximum Gasteiger partial charge on any atom is 0.142 e. The van der Waals surface area contributed by atoms with E-state index in [0.717, 1.165) is 21.5 Å². The van der Waals surface area contributed by atoms with Crippen molar-refractivity contribution in [2.45, 2.75) is 12.5 Å². The Balaban J connectivity index is 2.29. The topological polar surface area (TPSA) is 45.0 Å². The zero-order chi connectivity index (χ0) is 14.4. The SMILES string of the molecule is COc1ccc(Br)cc1NC(CC#N)c1ccccc1. The summed E-state index contributed by atoms with van der Waals surface area (Å²) < 4.78 is 6.31. The molecule has 0 fully saturated rings. The lowest BCUT2D eigenvalue weighted by atomic mass is 10.0. The minimum absolute atomic E-state index is 0.0654. The van der Waals surface area contributed by atoms with E-state index in [1.165, 1.54) is 0 Å². The molecule has 3 nitrogen and oxygen atoms in total. The van der Waals surface area contributed by atoms with Gasteiger partial charge in [-0.05, 0) is 23.8 Å². The normalized spacial score (nSPS) is 11.4. The van der Waals surface area contributed by atoms with Gasteiger partial charge in [-0.2, -0.15) is 5.26 Å². The minimum Gasteiger partial charge on any atom is -0.495 e. The van der Waals surface area contributed by atoms with E-state index in [0.29, 0.717) is 6.42 Å². The molecule has 4 heteroatoms. The third-order valence-corrected chi connectivity index (χ3v) is 3.48. The predicted octanol–water partition coefficient (Wildman–Crippen LogP) is 4.52. The molecule has 0 bridgehead atoms. The molecule has 0 aromatic heterocycles. The molecule has 102 valence electrons. The van der Waals surface area contributed by atoms with E-state index >= 15 is 0 Å². The largest absolute Gasteiger partial charge is 0.495 e. The average Bonchev–Trinajstić information content (AvgIpc) is 2.48. The van der Waals surface area contributed by atoms with Crippen molar-refractivity contribution in [3.05, 3.63) is 58.6 Å². The van der Waals surface area contributed by atoms with Gasteiger partial charge < -0.3 is 10.1 Å². The molecule has 0 aliphatic heterocycles. The molecule has 2 aromatic carbocycles. The number of nitrogens with one attached hydrogen (secondary N) is 1. The Bertz CT molecular complexity index is 608. The number of hydrogen-bond donors (Lipinski definition) is 1. The van der Waals surface area contributed by atoms with Crippen LogP contribution in [0.1, 0.15) is 18.0 Å². The predicted molar refractivity (Wildman–Crippen MR) is 83.7 cm³/mol. The zero-order valence-corrected chi connectivity index (χ0v) is 12.7. The number of nitrogens with zero attached hydrogens (tertiary/aromatic N) is 1. The number of nitriles is 1. The molecule has 0 spiro atoms. The van der Waals surface area contributed by atoms with Crippen LogP contribution in [0, 0.1) is 11.3 Å². The Morgan fingerprint density at radius 3 is 2.65 bits per heavy atom. The van der Waals surface area contributed by atoms with Crippen LogP contribution in [0.25, 0.3) is 0 Å². The smallest absolute Gasteiger partial charge is 0.142 e. The summed E-state index contributed by atoms with van der Waals surface area (Å²) in [6, 6.07) is 17.9. The fourth-order valence-corrected chi connectivity index (χ4v) is 2.37. The molecule has 1 N–H and O–H groups in total. The molecular weight excluding hydrogens is 316 g/mol. The minimum atomic E-state index is -0.0654. The summed E-state index contributed by atoms with van der Waals surface area (Å²) in [5.41, 5.74) is 1.95. The van der Waals surface area contributed by atoms with E-state index in [9.17, 15) is 0 Å². The lowest BCUT2D eigenvalue weighted by molar-refractivity contribution is 0.416. The molecule has 1 unspecified atom stereocenters. The lowest BCUT2D eigenvalue weighted by Crippen LogP contribution is -2.11. The summed E-state index contributed by atoms with van der Waals surface area (Å²) in [5.74, 6) is 0.757. The molecule has 20 heavy (non-hydrogen) atoms. The van der Waals surface area contributed by atoms with Crippen molar-refractivity contribution >= 4 is 21.6 Å². The van der Waals surface area contributed by atoms with Crippen LogP contribution in [0.5, 0.6) is 5.75 Å². The van der Waals surface area contributed by atoms with E-state index in [1.807, 2.05) is 48.5 Å². The van der Waals surface area contributed by atoms with Crippen molar-refractivity contribution < 1.29 is 4.74 Å². The lowest BCUT2D eigenvalue weighted by Gasteiger charge is -2.19. The number of anilines is 1. The highest BCUT2D eigenvalue weighted by molar-refractivity contribution is 9.10. The summed E-state index contributed by atoms with van der Waals surface area (Å²) >= 11 is 3.45. The second-order valence-electron chi connectivity index (χ2n) is 4.31. The van der Waals surface area contributed by atoms with E-state index in [1.54, 1.807) is 7.11 Å². The van der Waals surface area contributed by atoms with Crippen molar-refractivity contribution in [1.29, 1.82) is 5.26 Å². The number of benzene rings is 2. The van der Waals surface area contributed by atoms with Gasteiger partial charge in [-0.25, -0.2) is 0 Å². The van der Waals surface area contributed by atoms with Crippen LogP contribution < -0.4 is 10.1 Å². The van der Waals surface area contributed by atoms with Gasteiger partial charge >= 0.3 is 0 Å². The Kier molecular flexibility index (Phi) is 5.03. The van der Waals surface area contributed by atoms with Gasteiger partial charge in [0.2, 0.25) is 0 Å². The molecule has 0 amide bonds. The van der Waals surface area contributed by atoms with E-state index in [-0.39, 0.29) is 6.04 Å². The summed E-state index contributed by atoms with van der Waals surface area (Å²) in [7, 11) is 1.64. The summed E-state index contributed by atoms with van der Waals surface area (Å²) in [4.78, 5) is 0. The number of methoxy groups -OCH3 is 1. The molecule has 0 aliphatic rings. The maximum atomic E-state index is 9.03. The van der Waals surface area contributed by atoms with E-state index in [2.05, 4.69) is 27.3 Å². The van der Waals surface area contributed by atoms with Crippen molar-refractivity contribution in [2.75, 3.05) is 12.4 Å². The first-order chi connectivity index (χ1) is 9.74. The Hall–Kier alpha value is -1.99. The monoisotopic (exact) mass is 330 g/mol. The molecule has 2 rings (SSSR count). The number of halogens is 1. The van der Waals surface area contributed by atoms with Crippen molar-refractivity contribution in [2.24, 2.45) is 0 Å². The van der Waals surface area contributed by atoms with Crippen LogP contribution in [0.4, 0.5) is 5.69 Å². The van der Waals surface area contributed by atoms with Crippen LogP contribution in [-0.4, -0.2) is 7.11 Å². The van der Waals surface area contributed by atoms with Gasteiger partial charge in [0.1, 0.15) is 5.75 Å². The number of ether oxygens (including phenoxy) is 1. The van der Waals surface area contributed by atoms with Gasteiger partial charge in [0.05, 0.1) is 31.3 Å². The first kappa shape index (κ1) is 14.4. The quantitative estimate of drug-likeness (QED) is 0.876. The first-order valence-electron chi connectivity index (χ1n) is 6.26. The van der Waals surface area contributed by atoms with Gasteiger partial charge in [0.25, 0.3) is 0 Å². The number of hydrogen-bond acceptors (Lipinski definition) is 3. The Morgan fingerprint density at radius 2 is 2.00 bits per heavy atom. The van der Waals surface area contributed by atoms with Gasteiger partial charge in [-0.15, -0.1) is 0 Å². The molecular formula is C16H15BrN2O. The molecule has 0 saturated heterocycles.